The molecule has 0 bridgehead atoms. The second kappa shape index (κ2) is 8.63. The Labute approximate surface area is 182 Å². The first-order valence-corrected chi connectivity index (χ1v) is 11.2. The zero-order chi connectivity index (χ0) is 20.4. The number of fused-ring (bicyclic) bond motifs is 1. The van der Waals surface area contributed by atoms with E-state index >= 15 is 0 Å². The smallest absolute Gasteiger partial charge is 0.252 e. The Hall–Kier alpha value is -2.25. The van der Waals surface area contributed by atoms with Gasteiger partial charge in [-0.1, -0.05) is 33.2 Å². The zero-order valence-electron chi connectivity index (χ0n) is 16.2. The van der Waals surface area contributed by atoms with Crippen molar-refractivity contribution in [2.75, 3.05) is 6.61 Å². The SMILES string of the molecule is Cc1noc(C)c1CSc1ccccc1C(=O)NC1CCOc2ccc(Br)cc21. The van der Waals surface area contributed by atoms with Gasteiger partial charge in [0.15, 0.2) is 0 Å². The lowest BCUT2D eigenvalue weighted by Crippen LogP contribution is -2.32. The second-order valence-electron chi connectivity index (χ2n) is 6.93. The lowest BCUT2D eigenvalue weighted by molar-refractivity contribution is 0.0922. The van der Waals surface area contributed by atoms with E-state index in [1.807, 2.05) is 56.3 Å². The number of carbonyl (C=O) groups excluding carboxylic acids is 1. The van der Waals surface area contributed by atoms with Gasteiger partial charge in [0.1, 0.15) is 11.5 Å². The second-order valence-corrected chi connectivity index (χ2v) is 8.87. The van der Waals surface area contributed by atoms with Crippen LogP contribution in [0.4, 0.5) is 0 Å². The summed E-state index contributed by atoms with van der Waals surface area (Å²) in [6.07, 6.45) is 0.740. The fourth-order valence-corrected chi connectivity index (χ4v) is 4.97. The van der Waals surface area contributed by atoms with E-state index in [1.165, 1.54) is 0 Å². The minimum absolute atomic E-state index is 0.0790. The van der Waals surface area contributed by atoms with Gasteiger partial charge >= 0.3 is 0 Å². The van der Waals surface area contributed by atoms with Gasteiger partial charge in [0, 0.05) is 32.7 Å². The van der Waals surface area contributed by atoms with Crippen LogP contribution in [-0.2, 0) is 5.75 Å². The van der Waals surface area contributed by atoms with Crippen molar-refractivity contribution in [2.24, 2.45) is 0 Å². The summed E-state index contributed by atoms with van der Waals surface area (Å²) < 4.78 is 11.9. The maximum atomic E-state index is 13.1. The number of hydrogen-bond acceptors (Lipinski definition) is 5. The molecule has 1 aliphatic heterocycles. The summed E-state index contributed by atoms with van der Waals surface area (Å²) in [5.41, 5.74) is 3.64. The van der Waals surface area contributed by atoms with Gasteiger partial charge in [0.2, 0.25) is 0 Å². The first kappa shape index (κ1) is 20.0. The molecule has 0 fully saturated rings. The summed E-state index contributed by atoms with van der Waals surface area (Å²) in [4.78, 5) is 14.1. The van der Waals surface area contributed by atoms with Gasteiger partial charge in [0.25, 0.3) is 5.91 Å². The van der Waals surface area contributed by atoms with Crippen molar-refractivity contribution in [2.45, 2.75) is 37.0 Å². The van der Waals surface area contributed by atoms with Crippen LogP contribution in [0.1, 0.15) is 45.4 Å². The van der Waals surface area contributed by atoms with Crippen LogP contribution in [0.5, 0.6) is 5.75 Å². The molecule has 0 saturated carbocycles. The van der Waals surface area contributed by atoms with Crippen molar-refractivity contribution in [1.82, 2.24) is 10.5 Å². The quantitative estimate of drug-likeness (QED) is 0.489. The van der Waals surface area contributed by atoms with E-state index in [0.29, 0.717) is 17.9 Å². The number of halogens is 1. The number of nitrogens with one attached hydrogen (secondary N) is 1. The minimum Gasteiger partial charge on any atom is -0.493 e. The normalized spacial score (nSPS) is 15.5. The van der Waals surface area contributed by atoms with Crippen LogP contribution in [0.25, 0.3) is 0 Å². The number of ether oxygens (including phenoxy) is 1. The number of hydrogen-bond donors (Lipinski definition) is 1. The Bertz CT molecular complexity index is 1030. The van der Waals surface area contributed by atoms with Crippen LogP contribution in [0.3, 0.4) is 0 Å². The maximum Gasteiger partial charge on any atom is 0.252 e. The molecule has 1 aromatic heterocycles. The molecule has 0 aliphatic carbocycles. The van der Waals surface area contributed by atoms with Crippen molar-refractivity contribution < 1.29 is 14.1 Å². The Balaban J connectivity index is 1.52. The van der Waals surface area contributed by atoms with E-state index in [4.69, 9.17) is 9.26 Å². The molecule has 1 N–H and O–H groups in total. The molecule has 1 amide bonds. The summed E-state index contributed by atoms with van der Waals surface area (Å²) in [6, 6.07) is 13.5. The third kappa shape index (κ3) is 4.36. The van der Waals surface area contributed by atoms with Gasteiger partial charge in [0.05, 0.1) is 23.9 Å². The first-order valence-electron chi connectivity index (χ1n) is 9.39. The third-order valence-corrected chi connectivity index (χ3v) is 6.59. The molecule has 4 rings (SSSR count). The zero-order valence-corrected chi connectivity index (χ0v) is 18.6. The molecule has 2 heterocycles. The average molecular weight is 473 g/mol. The number of aromatic nitrogens is 1. The maximum absolute atomic E-state index is 13.1. The fourth-order valence-electron chi connectivity index (χ4n) is 3.39. The van der Waals surface area contributed by atoms with Gasteiger partial charge in [-0.2, -0.15) is 0 Å². The van der Waals surface area contributed by atoms with E-state index < -0.39 is 0 Å². The predicted octanol–water partition coefficient (Wildman–Crippen LogP) is 5.60. The van der Waals surface area contributed by atoms with E-state index in [9.17, 15) is 4.79 Å². The lowest BCUT2D eigenvalue weighted by Gasteiger charge is -2.27. The van der Waals surface area contributed by atoms with Crippen molar-refractivity contribution in [3.8, 4) is 5.75 Å². The van der Waals surface area contributed by atoms with Gasteiger partial charge < -0.3 is 14.6 Å². The van der Waals surface area contributed by atoms with Gasteiger partial charge in [-0.05, 0) is 44.2 Å². The molecule has 1 unspecified atom stereocenters. The summed E-state index contributed by atoms with van der Waals surface area (Å²) in [5.74, 6) is 2.27. The van der Waals surface area contributed by atoms with Crippen molar-refractivity contribution in [3.63, 3.8) is 0 Å². The highest BCUT2D eigenvalue weighted by Gasteiger charge is 2.24. The number of thioether (sulfide) groups is 1. The molecular weight excluding hydrogens is 452 g/mol. The summed E-state index contributed by atoms with van der Waals surface area (Å²) in [6.45, 7) is 4.43. The number of nitrogens with zero attached hydrogens (tertiary/aromatic N) is 1. The van der Waals surface area contributed by atoms with Crippen LogP contribution in [0.15, 0.2) is 56.4 Å². The molecule has 0 radical (unpaired) electrons. The van der Waals surface area contributed by atoms with Crippen LogP contribution < -0.4 is 10.1 Å². The van der Waals surface area contributed by atoms with E-state index in [2.05, 4.69) is 26.4 Å². The first-order chi connectivity index (χ1) is 14.0. The predicted molar refractivity (Wildman–Crippen MR) is 116 cm³/mol. The van der Waals surface area contributed by atoms with E-state index in [-0.39, 0.29) is 11.9 Å². The lowest BCUT2D eigenvalue weighted by atomic mass is 10.00. The molecule has 0 spiro atoms. The number of carbonyl (C=O) groups is 1. The Morgan fingerprint density at radius 2 is 2.10 bits per heavy atom. The highest BCUT2D eigenvalue weighted by molar-refractivity contribution is 9.10. The van der Waals surface area contributed by atoms with Crippen molar-refractivity contribution >= 4 is 33.6 Å². The van der Waals surface area contributed by atoms with Gasteiger partial charge in [-0.15, -0.1) is 11.8 Å². The Morgan fingerprint density at radius 3 is 2.90 bits per heavy atom. The Kier molecular flexibility index (Phi) is 5.96. The largest absolute Gasteiger partial charge is 0.493 e. The van der Waals surface area contributed by atoms with Crippen molar-refractivity contribution in [3.05, 3.63) is 75.1 Å². The molecule has 1 aliphatic rings. The van der Waals surface area contributed by atoms with Crippen LogP contribution >= 0.6 is 27.7 Å². The standard InChI is InChI=1S/C22H21BrN2O3S/c1-13-18(14(2)28-25-13)12-29-21-6-4-3-5-16(21)22(26)24-19-9-10-27-20-8-7-15(23)11-17(19)20/h3-8,11,19H,9-10,12H2,1-2H3,(H,24,26). The van der Waals surface area contributed by atoms with Gasteiger partial charge in [-0.3, -0.25) is 4.79 Å². The van der Waals surface area contributed by atoms with Crippen molar-refractivity contribution in [1.29, 1.82) is 0 Å². The molecule has 5 nitrogen and oxygen atoms in total. The van der Waals surface area contributed by atoms with E-state index in [0.717, 1.165) is 44.1 Å². The molecular formula is C22H21BrN2O3S. The van der Waals surface area contributed by atoms with Crippen LogP contribution in [0, 0.1) is 13.8 Å². The molecule has 29 heavy (non-hydrogen) atoms. The van der Waals surface area contributed by atoms with Gasteiger partial charge in [-0.25, -0.2) is 0 Å². The number of aryl methyl sites for hydroxylation is 2. The topological polar surface area (TPSA) is 64.4 Å². The molecule has 0 saturated heterocycles. The molecule has 7 heteroatoms. The van der Waals surface area contributed by atoms with Crippen LogP contribution in [-0.4, -0.2) is 17.7 Å². The summed E-state index contributed by atoms with van der Waals surface area (Å²) in [5, 5.41) is 7.20. The fraction of sp³-hybridized carbons (Fsp3) is 0.273. The molecule has 1 atom stereocenters. The highest BCUT2D eigenvalue weighted by Crippen LogP contribution is 2.35. The average Bonchev–Trinajstić information content (AvgIpc) is 3.04. The summed E-state index contributed by atoms with van der Waals surface area (Å²) >= 11 is 5.13. The number of rotatable bonds is 5. The third-order valence-electron chi connectivity index (χ3n) is 5.00. The highest BCUT2D eigenvalue weighted by atomic mass is 79.9. The molecule has 3 aromatic rings. The number of benzene rings is 2. The van der Waals surface area contributed by atoms with E-state index in [1.54, 1.807) is 11.8 Å². The molecule has 150 valence electrons. The minimum atomic E-state index is -0.0793. The monoisotopic (exact) mass is 472 g/mol. The van der Waals surface area contributed by atoms with Crippen LogP contribution in [0.2, 0.25) is 0 Å². The Morgan fingerprint density at radius 1 is 1.28 bits per heavy atom. The summed E-state index contributed by atoms with van der Waals surface area (Å²) in [7, 11) is 0. The molecule has 2 aromatic carbocycles. The number of amides is 1.